The van der Waals surface area contributed by atoms with Crippen LogP contribution in [0.3, 0.4) is 0 Å². The summed E-state index contributed by atoms with van der Waals surface area (Å²) in [6.07, 6.45) is 3.67. The number of quaternary nitrogens is 1. The Morgan fingerprint density at radius 1 is 1.33 bits per heavy atom. The third kappa shape index (κ3) is 11.5. The van der Waals surface area contributed by atoms with Crippen molar-refractivity contribution in [2.45, 2.75) is 0 Å². The molecule has 0 aromatic carbocycles. The highest BCUT2D eigenvalue weighted by atomic mass is 35.5. The molecule has 56 valence electrons. The third-order valence-corrected chi connectivity index (χ3v) is 0.658. The van der Waals surface area contributed by atoms with Crippen molar-refractivity contribution in [3.8, 4) is 0 Å². The van der Waals surface area contributed by atoms with Gasteiger partial charge in [0.1, 0.15) is 0 Å². The molecule has 0 aliphatic heterocycles. The summed E-state index contributed by atoms with van der Waals surface area (Å²) in [5, 5.41) is 8.33. The number of hydrogen-bond donors (Lipinski definition) is 1. The van der Waals surface area contributed by atoms with Crippen molar-refractivity contribution >= 4 is 0 Å². The second-order valence-corrected chi connectivity index (χ2v) is 2.68. The van der Waals surface area contributed by atoms with Gasteiger partial charge in [0.15, 0.2) is 0 Å². The summed E-state index contributed by atoms with van der Waals surface area (Å²) < 4.78 is 0.764. The Balaban J connectivity index is 0. The average molecular weight is 152 g/mol. The van der Waals surface area contributed by atoms with Gasteiger partial charge in [0.05, 0.1) is 33.9 Å². The Kier molecular flexibility index (Phi) is 6.24. The van der Waals surface area contributed by atoms with E-state index in [1.165, 1.54) is 0 Å². The Bertz CT molecular complexity index is 85.5. The first kappa shape index (κ1) is 11.7. The minimum atomic E-state index is 0. The quantitative estimate of drug-likeness (QED) is 0.423. The monoisotopic (exact) mass is 151 g/mol. The fourth-order valence-electron chi connectivity index (χ4n) is 0.363. The van der Waals surface area contributed by atoms with Gasteiger partial charge in [0.25, 0.3) is 0 Å². The van der Waals surface area contributed by atoms with Crippen molar-refractivity contribution in [3.63, 3.8) is 0 Å². The van der Waals surface area contributed by atoms with Gasteiger partial charge < -0.3 is 22.0 Å². The van der Waals surface area contributed by atoms with Crippen molar-refractivity contribution in [1.82, 2.24) is 0 Å². The largest absolute Gasteiger partial charge is 1.00 e. The normalized spacial score (nSPS) is 11.6. The molecule has 0 saturated carbocycles. The van der Waals surface area contributed by atoms with E-state index in [1.807, 2.05) is 27.3 Å². The van der Waals surface area contributed by atoms with Gasteiger partial charge >= 0.3 is 0 Å². The van der Waals surface area contributed by atoms with E-state index in [9.17, 15) is 0 Å². The molecule has 0 rings (SSSR count). The van der Waals surface area contributed by atoms with Crippen molar-refractivity contribution in [3.05, 3.63) is 12.3 Å². The first-order valence-electron chi connectivity index (χ1n) is 2.66. The topological polar surface area (TPSA) is 20.2 Å². The maximum atomic E-state index is 8.33. The van der Waals surface area contributed by atoms with E-state index in [4.69, 9.17) is 5.11 Å². The van der Waals surface area contributed by atoms with Crippen LogP contribution in [0, 0.1) is 0 Å². The first-order chi connectivity index (χ1) is 3.56. The number of hydrogen-bond acceptors (Lipinski definition) is 1. The molecule has 0 unspecified atom stereocenters. The predicted molar refractivity (Wildman–Crippen MR) is 34.3 cm³/mol. The van der Waals surface area contributed by atoms with Gasteiger partial charge in [-0.2, -0.15) is 0 Å². The highest BCUT2D eigenvalue weighted by molar-refractivity contribution is 4.70. The molecule has 0 radical (unpaired) electrons. The molecule has 0 heterocycles. The molecular formula is C6H14ClNO. The molecule has 0 spiro atoms. The van der Waals surface area contributed by atoms with Crippen LogP contribution in [0.1, 0.15) is 0 Å². The molecule has 0 atom stereocenters. The van der Waals surface area contributed by atoms with Crippen LogP contribution in [0.2, 0.25) is 0 Å². The summed E-state index contributed by atoms with van der Waals surface area (Å²) in [7, 11) is 6.10. The van der Waals surface area contributed by atoms with E-state index in [0.717, 1.165) is 4.48 Å². The number of nitrogens with zero attached hydrogens (tertiary/aromatic N) is 1. The lowest BCUT2D eigenvalue weighted by atomic mass is 10.6. The summed E-state index contributed by atoms with van der Waals surface area (Å²) >= 11 is 0. The van der Waals surface area contributed by atoms with Gasteiger partial charge in [-0.1, -0.05) is 0 Å². The highest BCUT2D eigenvalue weighted by Crippen LogP contribution is 1.89. The van der Waals surface area contributed by atoms with E-state index in [2.05, 4.69) is 0 Å². The molecule has 3 heteroatoms. The third-order valence-electron chi connectivity index (χ3n) is 0.658. The van der Waals surface area contributed by atoms with Gasteiger partial charge in [-0.3, -0.25) is 0 Å². The lowest BCUT2D eigenvalue weighted by Gasteiger charge is -2.16. The minimum absolute atomic E-state index is 0. The Labute approximate surface area is 62.8 Å². The zero-order valence-electron chi connectivity index (χ0n) is 6.13. The zero-order chi connectivity index (χ0) is 6.62. The summed E-state index contributed by atoms with van der Waals surface area (Å²) in [5.41, 5.74) is 0. The summed E-state index contributed by atoms with van der Waals surface area (Å²) in [4.78, 5) is 0. The molecule has 1 N–H and O–H groups in total. The van der Waals surface area contributed by atoms with Gasteiger partial charge in [-0.15, -0.1) is 0 Å². The first-order valence-corrected chi connectivity index (χ1v) is 2.66. The molecule has 2 nitrogen and oxygen atoms in total. The maximum absolute atomic E-state index is 8.33. The average Bonchev–Trinajstić information content (AvgIpc) is 1.59. The Morgan fingerprint density at radius 2 is 1.78 bits per heavy atom. The lowest BCUT2D eigenvalue weighted by Crippen LogP contribution is -3.00. The number of halogens is 1. The molecule has 0 aromatic heterocycles. The van der Waals surface area contributed by atoms with Crippen LogP contribution >= 0.6 is 0 Å². The van der Waals surface area contributed by atoms with E-state index in [0.29, 0.717) is 0 Å². The Hall–Kier alpha value is -0.0500. The maximum Gasteiger partial charge on any atom is 0.0934 e. The van der Waals surface area contributed by atoms with Crippen LogP contribution in [0.5, 0.6) is 0 Å². The van der Waals surface area contributed by atoms with Crippen LogP contribution in [-0.4, -0.2) is 37.3 Å². The zero-order valence-corrected chi connectivity index (χ0v) is 6.89. The second kappa shape index (κ2) is 4.79. The standard InChI is InChI=1S/C6H14NO.ClH/c1-7(2,3)5-4-6-8;/h4-5,8H,6H2,1-3H3;1H/q+1;/p-1. The number of aliphatic hydroxyl groups excluding tert-OH is 1. The SMILES string of the molecule is C[N+](C)(C)C=CCO.[Cl-]. The molecule has 0 aromatic rings. The lowest BCUT2D eigenvalue weighted by molar-refractivity contribution is -0.817. The molecule has 0 saturated heterocycles. The highest BCUT2D eigenvalue weighted by Gasteiger charge is 1.96. The van der Waals surface area contributed by atoms with Crippen LogP contribution in [0.4, 0.5) is 0 Å². The molecule has 0 fully saturated rings. The van der Waals surface area contributed by atoms with Crippen LogP contribution in [0.15, 0.2) is 12.3 Å². The van der Waals surface area contributed by atoms with Crippen molar-refractivity contribution in [2.75, 3.05) is 27.7 Å². The smallest absolute Gasteiger partial charge is 0.0934 e. The number of aliphatic hydroxyl groups is 1. The van der Waals surface area contributed by atoms with E-state index >= 15 is 0 Å². The molecule has 9 heavy (non-hydrogen) atoms. The molecule has 0 aliphatic rings. The van der Waals surface area contributed by atoms with Crippen molar-refractivity contribution < 1.29 is 22.0 Å². The summed E-state index contributed by atoms with van der Waals surface area (Å²) in [6.45, 7) is 0.134. The van der Waals surface area contributed by atoms with E-state index in [-0.39, 0.29) is 19.0 Å². The van der Waals surface area contributed by atoms with Crippen LogP contribution < -0.4 is 12.4 Å². The van der Waals surface area contributed by atoms with Gasteiger partial charge in [-0.25, -0.2) is 0 Å². The molecule has 0 amide bonds. The summed E-state index contributed by atoms with van der Waals surface area (Å²) in [5.74, 6) is 0. The van der Waals surface area contributed by atoms with Gasteiger partial charge in [-0.05, 0) is 6.08 Å². The van der Waals surface area contributed by atoms with Crippen molar-refractivity contribution in [2.24, 2.45) is 0 Å². The van der Waals surface area contributed by atoms with E-state index in [1.54, 1.807) is 6.08 Å². The Morgan fingerprint density at radius 3 is 1.89 bits per heavy atom. The minimum Gasteiger partial charge on any atom is -1.00 e. The van der Waals surface area contributed by atoms with Crippen LogP contribution in [0.25, 0.3) is 0 Å². The predicted octanol–water partition coefficient (Wildman–Crippen LogP) is -2.80. The molecular weight excluding hydrogens is 138 g/mol. The van der Waals surface area contributed by atoms with E-state index < -0.39 is 0 Å². The molecule has 0 bridgehead atoms. The van der Waals surface area contributed by atoms with Gasteiger partial charge in [0, 0.05) is 0 Å². The van der Waals surface area contributed by atoms with Crippen LogP contribution in [-0.2, 0) is 0 Å². The summed E-state index contributed by atoms with van der Waals surface area (Å²) in [6, 6.07) is 0. The fraction of sp³-hybridized carbons (Fsp3) is 0.667. The number of rotatable bonds is 2. The van der Waals surface area contributed by atoms with Gasteiger partial charge in [0.2, 0.25) is 0 Å². The fourth-order valence-corrected chi connectivity index (χ4v) is 0.363. The molecule has 0 aliphatic carbocycles. The second-order valence-electron chi connectivity index (χ2n) is 2.68. The van der Waals surface area contributed by atoms with Crippen molar-refractivity contribution in [1.29, 1.82) is 0 Å².